The van der Waals surface area contributed by atoms with E-state index >= 15 is 0 Å². The highest BCUT2D eigenvalue weighted by Crippen LogP contribution is 2.29. The minimum absolute atomic E-state index is 0.146. The maximum atomic E-state index is 12.5. The van der Waals surface area contributed by atoms with E-state index in [1.165, 1.54) is 0 Å². The van der Waals surface area contributed by atoms with Crippen LogP contribution in [0.1, 0.15) is 32.6 Å². The van der Waals surface area contributed by atoms with Gasteiger partial charge in [-0.1, -0.05) is 6.92 Å². The number of carbonyl (C=O) groups is 2. The van der Waals surface area contributed by atoms with Crippen molar-refractivity contribution in [1.29, 1.82) is 0 Å². The molecule has 2 aliphatic heterocycles. The average molecular weight is 279 g/mol. The van der Waals surface area contributed by atoms with E-state index in [4.69, 9.17) is 0 Å². The van der Waals surface area contributed by atoms with Crippen molar-refractivity contribution < 1.29 is 9.59 Å². The van der Waals surface area contributed by atoms with Crippen molar-refractivity contribution in [3.63, 3.8) is 0 Å². The molecule has 2 unspecified atom stereocenters. The molecular formula is C15H25N3O2. The molecule has 2 N–H and O–H groups in total. The summed E-state index contributed by atoms with van der Waals surface area (Å²) in [6.07, 6.45) is 3.91. The van der Waals surface area contributed by atoms with Crippen LogP contribution in [0.4, 0.5) is 0 Å². The molecule has 3 fully saturated rings. The van der Waals surface area contributed by atoms with Crippen LogP contribution in [-0.2, 0) is 9.59 Å². The van der Waals surface area contributed by atoms with Crippen molar-refractivity contribution in [3.8, 4) is 0 Å². The zero-order valence-electron chi connectivity index (χ0n) is 12.2. The molecule has 2 atom stereocenters. The number of likely N-dealkylation sites (tertiary alicyclic amines) is 1. The number of nitrogens with one attached hydrogen (secondary N) is 2. The Bertz CT molecular complexity index is 387. The number of hydrogen-bond acceptors (Lipinski definition) is 3. The summed E-state index contributed by atoms with van der Waals surface area (Å²) in [6.45, 7) is 5.49. The second-order valence-electron chi connectivity index (χ2n) is 6.62. The molecule has 1 aliphatic carbocycles. The second kappa shape index (κ2) is 5.72. The van der Waals surface area contributed by atoms with E-state index in [0.717, 1.165) is 51.9 Å². The van der Waals surface area contributed by atoms with Gasteiger partial charge in [0.05, 0.1) is 5.92 Å². The van der Waals surface area contributed by atoms with Crippen LogP contribution in [0.25, 0.3) is 0 Å². The van der Waals surface area contributed by atoms with Crippen molar-refractivity contribution in [1.82, 2.24) is 15.5 Å². The fraction of sp³-hybridized carbons (Fsp3) is 0.867. The van der Waals surface area contributed by atoms with E-state index in [-0.39, 0.29) is 23.8 Å². The van der Waals surface area contributed by atoms with Gasteiger partial charge in [0.15, 0.2) is 0 Å². The highest BCUT2D eigenvalue weighted by atomic mass is 16.2. The third-order valence-corrected chi connectivity index (χ3v) is 4.94. The predicted octanol–water partition coefficient (Wildman–Crippen LogP) is 0.359. The summed E-state index contributed by atoms with van der Waals surface area (Å²) in [7, 11) is 0. The van der Waals surface area contributed by atoms with Crippen LogP contribution in [0.3, 0.4) is 0 Å². The van der Waals surface area contributed by atoms with Crippen molar-refractivity contribution in [2.24, 2.45) is 17.8 Å². The highest BCUT2D eigenvalue weighted by Gasteiger charge is 2.35. The van der Waals surface area contributed by atoms with Gasteiger partial charge in [-0.2, -0.15) is 0 Å². The topological polar surface area (TPSA) is 61.4 Å². The molecule has 112 valence electrons. The van der Waals surface area contributed by atoms with Gasteiger partial charge in [0, 0.05) is 31.6 Å². The first-order valence-electron chi connectivity index (χ1n) is 7.95. The first kappa shape index (κ1) is 13.9. The summed E-state index contributed by atoms with van der Waals surface area (Å²) < 4.78 is 0. The summed E-state index contributed by atoms with van der Waals surface area (Å²) in [5, 5.41) is 6.42. The number of amides is 2. The molecule has 2 saturated heterocycles. The van der Waals surface area contributed by atoms with Crippen molar-refractivity contribution in [2.45, 2.75) is 38.6 Å². The van der Waals surface area contributed by atoms with Crippen LogP contribution in [0.5, 0.6) is 0 Å². The summed E-state index contributed by atoms with van der Waals surface area (Å²) in [4.78, 5) is 26.2. The fourth-order valence-corrected chi connectivity index (χ4v) is 3.28. The van der Waals surface area contributed by atoms with Crippen LogP contribution >= 0.6 is 0 Å². The van der Waals surface area contributed by atoms with Crippen LogP contribution in [0.2, 0.25) is 0 Å². The normalized spacial score (nSPS) is 31.4. The van der Waals surface area contributed by atoms with E-state index < -0.39 is 0 Å². The minimum Gasteiger partial charge on any atom is -0.353 e. The molecule has 2 heterocycles. The maximum Gasteiger partial charge on any atom is 0.227 e. The molecular weight excluding hydrogens is 254 g/mol. The fourth-order valence-electron chi connectivity index (χ4n) is 3.28. The van der Waals surface area contributed by atoms with Crippen LogP contribution in [0.15, 0.2) is 0 Å². The summed E-state index contributed by atoms with van der Waals surface area (Å²) in [5.74, 6) is 1.39. The number of nitrogens with zero attached hydrogens (tertiary/aromatic N) is 1. The lowest BCUT2D eigenvalue weighted by molar-refractivity contribution is -0.137. The highest BCUT2D eigenvalue weighted by molar-refractivity contribution is 5.81. The van der Waals surface area contributed by atoms with Crippen molar-refractivity contribution in [2.75, 3.05) is 26.2 Å². The third kappa shape index (κ3) is 2.97. The van der Waals surface area contributed by atoms with Crippen LogP contribution in [-0.4, -0.2) is 48.9 Å². The largest absolute Gasteiger partial charge is 0.353 e. The predicted molar refractivity (Wildman–Crippen MR) is 76.0 cm³/mol. The Morgan fingerprint density at radius 1 is 1.10 bits per heavy atom. The van der Waals surface area contributed by atoms with E-state index in [9.17, 15) is 9.59 Å². The monoisotopic (exact) mass is 279 g/mol. The Kier molecular flexibility index (Phi) is 3.96. The van der Waals surface area contributed by atoms with E-state index in [1.54, 1.807) is 0 Å². The van der Waals surface area contributed by atoms with Crippen LogP contribution in [0, 0.1) is 17.8 Å². The smallest absolute Gasteiger partial charge is 0.227 e. The zero-order chi connectivity index (χ0) is 14.1. The van der Waals surface area contributed by atoms with Gasteiger partial charge in [0.1, 0.15) is 0 Å². The molecule has 1 saturated carbocycles. The molecule has 5 nitrogen and oxygen atoms in total. The Morgan fingerprint density at radius 2 is 1.80 bits per heavy atom. The lowest BCUT2D eigenvalue weighted by Gasteiger charge is -2.34. The molecule has 0 radical (unpaired) electrons. The number of hydrogen-bond donors (Lipinski definition) is 2. The van der Waals surface area contributed by atoms with Crippen molar-refractivity contribution in [3.05, 3.63) is 0 Å². The Labute approximate surface area is 120 Å². The van der Waals surface area contributed by atoms with Gasteiger partial charge in [-0.15, -0.1) is 0 Å². The number of carbonyl (C=O) groups excluding carboxylic acids is 2. The Hall–Kier alpha value is -1.10. The first-order chi connectivity index (χ1) is 9.65. The second-order valence-corrected chi connectivity index (χ2v) is 6.62. The van der Waals surface area contributed by atoms with Gasteiger partial charge in [-0.05, 0) is 38.1 Å². The van der Waals surface area contributed by atoms with Crippen molar-refractivity contribution >= 4 is 11.8 Å². The summed E-state index contributed by atoms with van der Waals surface area (Å²) in [5.41, 5.74) is 0. The molecule has 3 rings (SSSR count). The lowest BCUT2D eigenvalue weighted by Crippen LogP contribution is -2.49. The molecule has 0 aromatic carbocycles. The van der Waals surface area contributed by atoms with Gasteiger partial charge >= 0.3 is 0 Å². The van der Waals surface area contributed by atoms with Gasteiger partial charge in [0.25, 0.3) is 0 Å². The first-order valence-corrected chi connectivity index (χ1v) is 7.95. The molecule has 0 aromatic rings. The molecule has 5 heteroatoms. The molecule has 0 spiro atoms. The van der Waals surface area contributed by atoms with Gasteiger partial charge in [-0.25, -0.2) is 0 Å². The molecule has 20 heavy (non-hydrogen) atoms. The Balaban J connectivity index is 1.45. The molecule has 0 bridgehead atoms. The van der Waals surface area contributed by atoms with E-state index in [0.29, 0.717) is 11.8 Å². The third-order valence-electron chi connectivity index (χ3n) is 4.94. The quantitative estimate of drug-likeness (QED) is 0.784. The number of rotatable bonds is 3. The van der Waals surface area contributed by atoms with Gasteiger partial charge in [-0.3, -0.25) is 9.59 Å². The van der Waals surface area contributed by atoms with E-state index in [1.807, 2.05) is 4.90 Å². The lowest BCUT2D eigenvalue weighted by atomic mass is 9.95. The Morgan fingerprint density at radius 3 is 2.35 bits per heavy atom. The van der Waals surface area contributed by atoms with Crippen LogP contribution < -0.4 is 10.6 Å². The molecule has 0 aromatic heterocycles. The summed E-state index contributed by atoms with van der Waals surface area (Å²) >= 11 is 0. The SMILES string of the molecule is CC1CNCC1C(=O)N1CCC(NC(=O)C2CC2)CC1. The molecule has 2 amide bonds. The zero-order valence-corrected chi connectivity index (χ0v) is 12.2. The summed E-state index contributed by atoms with van der Waals surface area (Å²) in [6, 6.07) is 0.270. The molecule has 3 aliphatic rings. The maximum absolute atomic E-state index is 12.5. The number of piperidine rings is 1. The van der Waals surface area contributed by atoms with Gasteiger partial charge < -0.3 is 15.5 Å². The standard InChI is InChI=1S/C15H25N3O2/c1-10-8-16-9-13(10)15(20)18-6-4-12(5-7-18)17-14(19)11-2-3-11/h10-13,16H,2-9H2,1H3,(H,17,19). The van der Waals surface area contributed by atoms with E-state index in [2.05, 4.69) is 17.6 Å². The van der Waals surface area contributed by atoms with Gasteiger partial charge in [0.2, 0.25) is 11.8 Å². The average Bonchev–Trinajstić information content (AvgIpc) is 3.21. The minimum atomic E-state index is 0.146.